The molecule has 31 heavy (non-hydrogen) atoms. The number of hydrogen-bond acceptors (Lipinski definition) is 3. The van der Waals surface area contributed by atoms with Crippen molar-refractivity contribution in [3.05, 3.63) is 98.4 Å². The molecule has 0 spiro atoms. The highest BCUT2D eigenvalue weighted by Gasteiger charge is 2.05. The number of nitrogens with zero attached hydrogens (tertiary/aromatic N) is 1. The zero-order chi connectivity index (χ0) is 22.1. The van der Waals surface area contributed by atoms with Gasteiger partial charge in [-0.2, -0.15) is 0 Å². The van der Waals surface area contributed by atoms with E-state index in [-0.39, 0.29) is 5.56 Å². The van der Waals surface area contributed by atoms with E-state index in [2.05, 4.69) is 30.4 Å². The van der Waals surface area contributed by atoms with Crippen LogP contribution in [0.25, 0.3) is 12.2 Å². The highest BCUT2D eigenvalue weighted by molar-refractivity contribution is 6.30. The van der Waals surface area contributed by atoms with Gasteiger partial charge < -0.3 is 14.6 Å². The summed E-state index contributed by atoms with van der Waals surface area (Å²) in [6.07, 6.45) is 7.62. The summed E-state index contributed by atoms with van der Waals surface area (Å²) in [6, 6.07) is 17.5. The second-order valence-electron chi connectivity index (χ2n) is 7.45. The van der Waals surface area contributed by atoms with Crippen molar-refractivity contribution in [2.24, 2.45) is 0 Å². The molecule has 0 unspecified atom stereocenters. The van der Waals surface area contributed by atoms with Crippen LogP contribution in [0.5, 0.6) is 5.75 Å². The van der Waals surface area contributed by atoms with Gasteiger partial charge in [0.05, 0.1) is 7.11 Å². The van der Waals surface area contributed by atoms with Gasteiger partial charge in [0, 0.05) is 35.9 Å². The molecule has 0 aliphatic heterocycles. The van der Waals surface area contributed by atoms with Gasteiger partial charge in [0.2, 0.25) is 0 Å². The fourth-order valence-electron chi connectivity index (χ4n) is 3.32. The van der Waals surface area contributed by atoms with E-state index in [4.69, 9.17) is 16.3 Å². The van der Waals surface area contributed by atoms with Crippen LogP contribution in [0.4, 0.5) is 0 Å². The number of halogens is 1. The molecule has 4 nitrogen and oxygen atoms in total. The summed E-state index contributed by atoms with van der Waals surface area (Å²) in [6.45, 7) is 4.55. The lowest BCUT2D eigenvalue weighted by Crippen LogP contribution is -2.19. The van der Waals surface area contributed by atoms with Crippen molar-refractivity contribution in [3.63, 3.8) is 0 Å². The number of rotatable bonds is 10. The molecule has 2 aromatic carbocycles. The van der Waals surface area contributed by atoms with E-state index < -0.39 is 0 Å². The zero-order valence-corrected chi connectivity index (χ0v) is 18.9. The maximum absolute atomic E-state index is 12.5. The van der Waals surface area contributed by atoms with Crippen LogP contribution in [-0.4, -0.2) is 18.2 Å². The van der Waals surface area contributed by atoms with Gasteiger partial charge in [0.15, 0.2) is 0 Å². The third-order valence-electron chi connectivity index (χ3n) is 5.09. The standard InChI is InChI=1S/C26H29ClN2O2/c1-3-14-28-19-23-9-6-21(17-25(23)31-2)12-15-29-16-13-22(18-26(29)30)5-4-20-7-10-24(27)11-8-20/h4-11,13,16-18,28H,3,12,14-15,19H2,1-2H3/b5-4+. The van der Waals surface area contributed by atoms with E-state index in [0.717, 1.165) is 53.9 Å². The maximum Gasteiger partial charge on any atom is 0.251 e. The molecule has 0 fully saturated rings. The van der Waals surface area contributed by atoms with Crippen LogP contribution in [0.15, 0.2) is 65.6 Å². The predicted octanol–water partition coefficient (Wildman–Crippen LogP) is 5.42. The largest absolute Gasteiger partial charge is 0.496 e. The number of nitrogens with one attached hydrogen (secondary N) is 1. The lowest BCUT2D eigenvalue weighted by Gasteiger charge is -2.12. The molecular weight excluding hydrogens is 408 g/mol. The van der Waals surface area contributed by atoms with Crippen LogP contribution >= 0.6 is 11.6 Å². The minimum atomic E-state index is -0.00870. The van der Waals surface area contributed by atoms with Crippen molar-refractivity contribution < 1.29 is 4.74 Å². The molecule has 162 valence electrons. The number of benzene rings is 2. The van der Waals surface area contributed by atoms with Gasteiger partial charge in [0.25, 0.3) is 5.56 Å². The van der Waals surface area contributed by atoms with Gasteiger partial charge in [-0.3, -0.25) is 4.79 Å². The number of ether oxygens (including phenoxy) is 1. The van der Waals surface area contributed by atoms with E-state index in [0.29, 0.717) is 11.6 Å². The summed E-state index contributed by atoms with van der Waals surface area (Å²) in [5, 5.41) is 4.11. The Labute approximate surface area is 189 Å². The molecule has 0 saturated heterocycles. The molecule has 1 N–H and O–H groups in total. The molecule has 0 aliphatic rings. The minimum absolute atomic E-state index is 0.00870. The Morgan fingerprint density at radius 3 is 2.52 bits per heavy atom. The molecule has 0 radical (unpaired) electrons. The van der Waals surface area contributed by atoms with E-state index >= 15 is 0 Å². The zero-order valence-electron chi connectivity index (χ0n) is 18.1. The Bertz CT molecular complexity index is 1070. The van der Waals surface area contributed by atoms with Crippen molar-refractivity contribution in [1.82, 2.24) is 9.88 Å². The van der Waals surface area contributed by atoms with Crippen LogP contribution in [0.2, 0.25) is 5.02 Å². The SMILES string of the molecule is CCCNCc1ccc(CCn2ccc(/C=C/c3ccc(Cl)cc3)cc2=O)cc1OC. The van der Waals surface area contributed by atoms with Gasteiger partial charge in [0.1, 0.15) is 5.75 Å². The first kappa shape index (κ1) is 22.9. The lowest BCUT2D eigenvalue weighted by molar-refractivity contribution is 0.407. The fourth-order valence-corrected chi connectivity index (χ4v) is 3.44. The number of hydrogen-bond donors (Lipinski definition) is 1. The minimum Gasteiger partial charge on any atom is -0.496 e. The average Bonchev–Trinajstić information content (AvgIpc) is 2.78. The molecule has 5 heteroatoms. The second-order valence-corrected chi connectivity index (χ2v) is 7.89. The molecule has 3 aromatic rings. The van der Waals surface area contributed by atoms with Crippen LogP contribution in [0.3, 0.4) is 0 Å². The first-order chi connectivity index (χ1) is 15.1. The van der Waals surface area contributed by atoms with E-state index in [1.807, 2.05) is 48.7 Å². The van der Waals surface area contributed by atoms with Crippen LogP contribution < -0.4 is 15.6 Å². The lowest BCUT2D eigenvalue weighted by atomic mass is 10.1. The normalized spacial score (nSPS) is 11.2. The van der Waals surface area contributed by atoms with Gasteiger partial charge in [-0.05, 0) is 60.3 Å². The summed E-state index contributed by atoms with van der Waals surface area (Å²) in [5.74, 6) is 0.885. The molecule has 0 bridgehead atoms. The Hall–Kier alpha value is -2.82. The van der Waals surface area contributed by atoms with Crippen molar-refractivity contribution in [2.75, 3.05) is 13.7 Å². The Kier molecular flexibility index (Phi) is 8.51. The predicted molar refractivity (Wildman–Crippen MR) is 130 cm³/mol. The number of aryl methyl sites for hydroxylation is 2. The Morgan fingerprint density at radius 2 is 1.81 bits per heavy atom. The molecule has 3 rings (SSSR count). The van der Waals surface area contributed by atoms with E-state index in [1.165, 1.54) is 0 Å². The number of methoxy groups -OCH3 is 1. The first-order valence-corrected chi connectivity index (χ1v) is 11.0. The highest BCUT2D eigenvalue weighted by Crippen LogP contribution is 2.21. The van der Waals surface area contributed by atoms with Crippen LogP contribution in [0.1, 0.15) is 35.6 Å². The maximum atomic E-state index is 12.5. The monoisotopic (exact) mass is 436 g/mol. The molecule has 0 saturated carbocycles. The molecule has 0 atom stereocenters. The van der Waals surface area contributed by atoms with Crippen LogP contribution in [0, 0.1) is 0 Å². The molecule has 0 aliphatic carbocycles. The van der Waals surface area contributed by atoms with Gasteiger partial charge in [-0.15, -0.1) is 0 Å². The second kappa shape index (κ2) is 11.5. The summed E-state index contributed by atoms with van der Waals surface area (Å²) in [7, 11) is 1.70. The van der Waals surface area contributed by atoms with Gasteiger partial charge in [-0.1, -0.05) is 54.9 Å². The van der Waals surface area contributed by atoms with E-state index in [1.54, 1.807) is 17.7 Å². The van der Waals surface area contributed by atoms with E-state index in [9.17, 15) is 4.79 Å². The quantitative estimate of drug-likeness (QED) is 0.431. The Balaban J connectivity index is 1.62. The highest BCUT2D eigenvalue weighted by atomic mass is 35.5. The molecule has 0 amide bonds. The topological polar surface area (TPSA) is 43.3 Å². The van der Waals surface area contributed by atoms with Crippen molar-refractivity contribution in [1.29, 1.82) is 0 Å². The smallest absolute Gasteiger partial charge is 0.251 e. The van der Waals surface area contributed by atoms with Crippen LogP contribution in [-0.2, 0) is 19.5 Å². The number of aromatic nitrogens is 1. The van der Waals surface area contributed by atoms with Crippen molar-refractivity contribution >= 4 is 23.8 Å². The van der Waals surface area contributed by atoms with Crippen molar-refractivity contribution in [3.8, 4) is 5.75 Å². The first-order valence-electron chi connectivity index (χ1n) is 10.6. The molecular formula is C26H29ClN2O2. The molecule has 1 heterocycles. The van der Waals surface area contributed by atoms with Gasteiger partial charge >= 0.3 is 0 Å². The van der Waals surface area contributed by atoms with Gasteiger partial charge in [-0.25, -0.2) is 0 Å². The average molecular weight is 437 g/mol. The van der Waals surface area contributed by atoms with Crippen molar-refractivity contribution in [2.45, 2.75) is 32.9 Å². The Morgan fingerprint density at radius 1 is 1.03 bits per heavy atom. The third kappa shape index (κ3) is 6.84. The summed E-state index contributed by atoms with van der Waals surface area (Å²) < 4.78 is 7.29. The summed E-state index contributed by atoms with van der Waals surface area (Å²) in [5.41, 5.74) is 4.20. The fraction of sp³-hybridized carbons (Fsp3) is 0.269. The molecule has 1 aromatic heterocycles. The number of pyridine rings is 1. The third-order valence-corrected chi connectivity index (χ3v) is 5.35. The summed E-state index contributed by atoms with van der Waals surface area (Å²) >= 11 is 5.91. The summed E-state index contributed by atoms with van der Waals surface area (Å²) in [4.78, 5) is 12.5.